The van der Waals surface area contributed by atoms with E-state index in [1.54, 1.807) is 6.07 Å². The summed E-state index contributed by atoms with van der Waals surface area (Å²) in [6.45, 7) is 1.35. The number of hydrogen-bond donors (Lipinski definition) is 1. The van der Waals surface area contributed by atoms with Crippen LogP contribution in [0.25, 0.3) is 0 Å². The van der Waals surface area contributed by atoms with Crippen molar-refractivity contribution in [1.29, 1.82) is 0 Å². The van der Waals surface area contributed by atoms with Gasteiger partial charge >= 0.3 is 0 Å². The third-order valence-electron chi connectivity index (χ3n) is 2.32. The fraction of sp³-hybridized carbons (Fsp3) is 0.333. The molecule has 74 valence electrons. The van der Waals surface area contributed by atoms with Crippen LogP contribution in [0.2, 0.25) is 0 Å². The second-order valence-electron chi connectivity index (χ2n) is 3.30. The number of nitrogens with zero attached hydrogens (tertiary/aromatic N) is 1. The summed E-state index contributed by atoms with van der Waals surface area (Å²) in [4.78, 5) is 24.0. The fourth-order valence-electron chi connectivity index (χ4n) is 1.41. The summed E-state index contributed by atoms with van der Waals surface area (Å²) < 4.78 is 0. The monoisotopic (exact) mass is 210 g/mol. The average Bonchev–Trinajstić information content (AvgIpc) is 2.49. The Balaban J connectivity index is 1.99. The Morgan fingerprint density at radius 1 is 1.57 bits per heavy atom. The zero-order chi connectivity index (χ0) is 10.1. The molecule has 0 aromatic carbocycles. The largest absolute Gasteiger partial charge is 0.369 e. The van der Waals surface area contributed by atoms with Gasteiger partial charge in [-0.2, -0.15) is 0 Å². The predicted octanol–water partition coefficient (Wildman–Crippen LogP) is 0.482. The third kappa shape index (κ3) is 1.50. The highest BCUT2D eigenvalue weighted by atomic mass is 32.1. The minimum absolute atomic E-state index is 0.0308. The van der Waals surface area contributed by atoms with E-state index in [1.807, 2.05) is 11.0 Å². The van der Waals surface area contributed by atoms with Crippen LogP contribution in [-0.4, -0.2) is 25.3 Å². The zero-order valence-corrected chi connectivity index (χ0v) is 8.29. The summed E-state index contributed by atoms with van der Waals surface area (Å²) in [6.07, 6.45) is 0.833. The summed E-state index contributed by atoms with van der Waals surface area (Å²) in [7, 11) is 0. The van der Waals surface area contributed by atoms with Gasteiger partial charge < -0.3 is 10.6 Å². The van der Waals surface area contributed by atoms with Crippen molar-refractivity contribution in [2.24, 2.45) is 11.7 Å². The highest BCUT2D eigenvalue weighted by Crippen LogP contribution is 2.30. The molecule has 14 heavy (non-hydrogen) atoms. The van der Waals surface area contributed by atoms with Gasteiger partial charge in [0.15, 0.2) is 6.29 Å². The number of amides is 1. The first-order valence-electron chi connectivity index (χ1n) is 4.30. The van der Waals surface area contributed by atoms with Gasteiger partial charge in [-0.05, 0) is 12.1 Å². The van der Waals surface area contributed by atoms with E-state index in [2.05, 4.69) is 0 Å². The highest BCUT2D eigenvalue weighted by molar-refractivity contribution is 7.17. The van der Waals surface area contributed by atoms with Crippen molar-refractivity contribution in [1.82, 2.24) is 0 Å². The van der Waals surface area contributed by atoms with Crippen molar-refractivity contribution >= 4 is 28.5 Å². The molecule has 4 nitrogen and oxygen atoms in total. The maximum absolute atomic E-state index is 10.8. The summed E-state index contributed by atoms with van der Waals surface area (Å²) in [5, 5.41) is 1.03. The quantitative estimate of drug-likeness (QED) is 0.738. The summed E-state index contributed by atoms with van der Waals surface area (Å²) in [5.74, 6) is -0.273. The molecule has 1 aromatic heterocycles. The number of thiophene rings is 1. The van der Waals surface area contributed by atoms with E-state index in [1.165, 1.54) is 11.3 Å². The summed E-state index contributed by atoms with van der Waals surface area (Å²) >= 11 is 1.44. The maximum Gasteiger partial charge on any atom is 0.224 e. The van der Waals surface area contributed by atoms with Gasteiger partial charge in [-0.25, -0.2) is 0 Å². The van der Waals surface area contributed by atoms with E-state index in [4.69, 9.17) is 5.73 Å². The summed E-state index contributed by atoms with van der Waals surface area (Å²) in [5.41, 5.74) is 5.15. The number of anilines is 1. The Morgan fingerprint density at radius 2 is 2.29 bits per heavy atom. The lowest BCUT2D eigenvalue weighted by Gasteiger charge is -2.38. The lowest BCUT2D eigenvalue weighted by Crippen LogP contribution is -2.52. The van der Waals surface area contributed by atoms with E-state index in [0.717, 1.165) is 11.3 Å². The van der Waals surface area contributed by atoms with E-state index in [0.29, 0.717) is 18.0 Å². The smallest absolute Gasteiger partial charge is 0.224 e. The predicted molar refractivity (Wildman–Crippen MR) is 54.6 cm³/mol. The topological polar surface area (TPSA) is 63.4 Å². The molecule has 0 atom stereocenters. The molecule has 2 rings (SSSR count). The van der Waals surface area contributed by atoms with Crippen molar-refractivity contribution < 1.29 is 9.59 Å². The number of hydrogen-bond acceptors (Lipinski definition) is 4. The Morgan fingerprint density at radius 3 is 2.79 bits per heavy atom. The highest BCUT2D eigenvalue weighted by Gasteiger charge is 2.31. The minimum Gasteiger partial charge on any atom is -0.369 e. The van der Waals surface area contributed by atoms with Crippen molar-refractivity contribution in [3.05, 3.63) is 17.0 Å². The Labute approximate surface area is 85.3 Å². The van der Waals surface area contributed by atoms with Crippen LogP contribution in [0.5, 0.6) is 0 Å². The van der Waals surface area contributed by atoms with E-state index >= 15 is 0 Å². The molecule has 1 amide bonds. The first kappa shape index (κ1) is 9.21. The van der Waals surface area contributed by atoms with Crippen LogP contribution in [0.15, 0.2) is 12.1 Å². The van der Waals surface area contributed by atoms with Crippen LogP contribution in [-0.2, 0) is 4.79 Å². The Bertz CT molecular complexity index is 369. The third-order valence-corrected chi connectivity index (χ3v) is 3.40. The molecular formula is C9H10N2O2S. The molecule has 0 bridgehead atoms. The molecule has 0 aliphatic carbocycles. The van der Waals surface area contributed by atoms with Gasteiger partial charge in [-0.1, -0.05) is 0 Å². The molecule has 0 spiro atoms. The number of aldehydes is 1. The van der Waals surface area contributed by atoms with E-state index < -0.39 is 0 Å². The van der Waals surface area contributed by atoms with Crippen molar-refractivity contribution in [2.45, 2.75) is 0 Å². The van der Waals surface area contributed by atoms with Crippen LogP contribution >= 0.6 is 11.3 Å². The standard InChI is InChI=1S/C9H10N2O2S/c10-9(13)6-3-11(4-6)8-2-1-7(5-12)14-8/h1-2,5-6H,3-4H2,(H2,10,13). The molecule has 1 aliphatic rings. The van der Waals surface area contributed by atoms with Gasteiger partial charge in [0.2, 0.25) is 5.91 Å². The van der Waals surface area contributed by atoms with Gasteiger partial charge in [0.05, 0.1) is 15.8 Å². The van der Waals surface area contributed by atoms with Crippen LogP contribution < -0.4 is 10.6 Å². The molecule has 0 saturated carbocycles. The van der Waals surface area contributed by atoms with Crippen molar-refractivity contribution in [3.8, 4) is 0 Å². The van der Waals surface area contributed by atoms with E-state index in [-0.39, 0.29) is 11.8 Å². The molecule has 5 heteroatoms. The molecule has 0 unspecified atom stereocenters. The van der Waals surface area contributed by atoms with Gasteiger partial charge in [-0.15, -0.1) is 11.3 Å². The first-order chi connectivity index (χ1) is 6.70. The first-order valence-corrected chi connectivity index (χ1v) is 5.11. The van der Waals surface area contributed by atoms with Crippen LogP contribution in [0.1, 0.15) is 9.67 Å². The molecule has 0 radical (unpaired) electrons. The van der Waals surface area contributed by atoms with Crippen LogP contribution in [0, 0.1) is 5.92 Å². The molecule has 2 N–H and O–H groups in total. The molecule has 1 aliphatic heterocycles. The van der Waals surface area contributed by atoms with Crippen LogP contribution in [0.3, 0.4) is 0 Å². The SMILES string of the molecule is NC(=O)C1CN(c2ccc(C=O)s2)C1. The lowest BCUT2D eigenvalue weighted by molar-refractivity contribution is -0.122. The number of carbonyl (C=O) groups is 2. The van der Waals surface area contributed by atoms with Crippen molar-refractivity contribution in [3.63, 3.8) is 0 Å². The Kier molecular flexibility index (Phi) is 2.25. The normalized spacial score (nSPS) is 16.4. The van der Waals surface area contributed by atoms with Gasteiger partial charge in [0.1, 0.15) is 0 Å². The maximum atomic E-state index is 10.8. The van der Waals surface area contributed by atoms with Crippen molar-refractivity contribution in [2.75, 3.05) is 18.0 Å². The minimum atomic E-state index is -0.242. The average molecular weight is 210 g/mol. The second kappa shape index (κ2) is 3.42. The van der Waals surface area contributed by atoms with Gasteiger partial charge in [-0.3, -0.25) is 9.59 Å². The van der Waals surface area contributed by atoms with Crippen LogP contribution in [0.4, 0.5) is 5.00 Å². The molecule has 1 aromatic rings. The van der Waals surface area contributed by atoms with Gasteiger partial charge in [0.25, 0.3) is 0 Å². The molecular weight excluding hydrogens is 200 g/mol. The molecule has 1 saturated heterocycles. The summed E-state index contributed by atoms with van der Waals surface area (Å²) in [6, 6.07) is 3.68. The number of carbonyl (C=O) groups excluding carboxylic acids is 2. The number of nitrogens with two attached hydrogens (primary N) is 1. The van der Waals surface area contributed by atoms with Gasteiger partial charge in [0, 0.05) is 13.1 Å². The molecule has 1 fully saturated rings. The zero-order valence-electron chi connectivity index (χ0n) is 7.47. The Hall–Kier alpha value is -1.36. The number of rotatable bonds is 3. The second-order valence-corrected chi connectivity index (χ2v) is 4.39. The number of primary amides is 1. The lowest BCUT2D eigenvalue weighted by atomic mass is 10.0. The molecule has 2 heterocycles. The fourth-order valence-corrected chi connectivity index (χ4v) is 2.25. The van der Waals surface area contributed by atoms with E-state index in [9.17, 15) is 9.59 Å².